The molecule has 1 atom stereocenters. The molecule has 35 heavy (non-hydrogen) atoms. The van der Waals surface area contributed by atoms with Gasteiger partial charge in [0.15, 0.2) is 0 Å². The number of carbonyl (C=O) groups is 2. The van der Waals surface area contributed by atoms with Crippen LogP contribution >= 0.6 is 11.6 Å². The van der Waals surface area contributed by atoms with Crippen molar-refractivity contribution in [3.8, 4) is 5.75 Å². The van der Waals surface area contributed by atoms with Crippen molar-refractivity contribution in [2.24, 2.45) is 0 Å². The SMILES string of the molecule is COc1c(Cl)cc(C)cc1/C(O)=C1\C(=O)C(=O)N(c2ccccc2C)C1c1c[nH]c2ccccc12. The average Bonchev–Trinajstić information content (AvgIpc) is 3.37. The van der Waals surface area contributed by atoms with E-state index in [1.54, 1.807) is 24.4 Å². The molecule has 2 heterocycles. The molecule has 1 aliphatic rings. The number of ether oxygens (including phenoxy) is 1. The van der Waals surface area contributed by atoms with Crippen molar-refractivity contribution in [2.75, 3.05) is 12.0 Å². The zero-order valence-corrected chi connectivity index (χ0v) is 20.2. The summed E-state index contributed by atoms with van der Waals surface area (Å²) >= 11 is 6.38. The lowest BCUT2D eigenvalue weighted by molar-refractivity contribution is -0.132. The van der Waals surface area contributed by atoms with Crippen molar-refractivity contribution < 1.29 is 19.4 Å². The van der Waals surface area contributed by atoms with Crippen LogP contribution in [-0.2, 0) is 9.59 Å². The number of aliphatic hydroxyl groups is 1. The van der Waals surface area contributed by atoms with E-state index in [4.69, 9.17) is 16.3 Å². The van der Waals surface area contributed by atoms with Crippen LogP contribution in [0.4, 0.5) is 5.69 Å². The molecule has 7 heteroatoms. The molecule has 1 aromatic heterocycles. The maximum atomic E-state index is 13.5. The minimum Gasteiger partial charge on any atom is -0.507 e. The molecule has 1 amide bonds. The van der Waals surface area contributed by atoms with E-state index in [1.807, 2.05) is 56.3 Å². The maximum Gasteiger partial charge on any atom is 0.300 e. The fourth-order valence-corrected chi connectivity index (χ4v) is 5.14. The zero-order chi connectivity index (χ0) is 24.9. The number of H-pyrrole nitrogens is 1. The number of rotatable bonds is 4. The van der Waals surface area contributed by atoms with Crippen LogP contribution in [0.2, 0.25) is 5.02 Å². The summed E-state index contributed by atoms with van der Waals surface area (Å²) < 4.78 is 5.46. The first kappa shape index (κ1) is 22.7. The highest BCUT2D eigenvalue weighted by Gasteiger charge is 2.48. The predicted octanol–water partition coefficient (Wildman–Crippen LogP) is 6.07. The van der Waals surface area contributed by atoms with Gasteiger partial charge in [0, 0.05) is 28.4 Å². The summed E-state index contributed by atoms with van der Waals surface area (Å²) in [5, 5.41) is 12.7. The lowest BCUT2D eigenvalue weighted by Gasteiger charge is -2.26. The van der Waals surface area contributed by atoms with Crippen molar-refractivity contribution in [1.82, 2.24) is 4.98 Å². The topological polar surface area (TPSA) is 82.6 Å². The van der Waals surface area contributed by atoms with Crippen LogP contribution in [0.1, 0.15) is 28.3 Å². The third-order valence-electron chi connectivity index (χ3n) is 6.38. The Labute approximate surface area is 207 Å². The number of hydrogen-bond donors (Lipinski definition) is 2. The van der Waals surface area contributed by atoms with E-state index in [1.165, 1.54) is 12.0 Å². The van der Waals surface area contributed by atoms with Crippen molar-refractivity contribution in [3.63, 3.8) is 0 Å². The number of aryl methyl sites for hydroxylation is 2. The third kappa shape index (κ3) is 3.58. The van der Waals surface area contributed by atoms with Gasteiger partial charge in [-0.25, -0.2) is 0 Å². The van der Waals surface area contributed by atoms with Gasteiger partial charge in [0.25, 0.3) is 11.7 Å². The summed E-state index contributed by atoms with van der Waals surface area (Å²) in [6.45, 7) is 3.70. The minimum atomic E-state index is -0.865. The van der Waals surface area contributed by atoms with E-state index in [0.717, 1.165) is 22.0 Å². The van der Waals surface area contributed by atoms with E-state index < -0.39 is 17.7 Å². The van der Waals surface area contributed by atoms with Crippen LogP contribution in [-0.4, -0.2) is 28.9 Å². The second-order valence-corrected chi connectivity index (χ2v) is 8.98. The minimum absolute atomic E-state index is 0.0250. The molecule has 5 rings (SSSR count). The number of methoxy groups -OCH3 is 1. The van der Waals surface area contributed by atoms with Gasteiger partial charge in [-0.05, 0) is 49.2 Å². The van der Waals surface area contributed by atoms with Gasteiger partial charge in [-0.2, -0.15) is 0 Å². The van der Waals surface area contributed by atoms with Crippen molar-refractivity contribution in [1.29, 1.82) is 0 Å². The highest BCUT2D eigenvalue weighted by Crippen LogP contribution is 2.46. The van der Waals surface area contributed by atoms with E-state index in [-0.39, 0.29) is 22.6 Å². The molecular weight excluding hydrogens is 464 g/mol. The molecule has 0 radical (unpaired) electrons. The number of benzene rings is 3. The Balaban J connectivity index is 1.84. The van der Waals surface area contributed by atoms with E-state index in [2.05, 4.69) is 4.98 Å². The fourth-order valence-electron chi connectivity index (χ4n) is 4.79. The molecule has 0 spiro atoms. The van der Waals surface area contributed by atoms with Gasteiger partial charge >= 0.3 is 0 Å². The fraction of sp³-hybridized carbons (Fsp3) is 0.143. The van der Waals surface area contributed by atoms with Gasteiger partial charge in [-0.15, -0.1) is 0 Å². The average molecular weight is 487 g/mol. The monoisotopic (exact) mass is 486 g/mol. The summed E-state index contributed by atoms with van der Waals surface area (Å²) in [6.07, 6.45) is 1.78. The molecule has 1 unspecified atom stereocenters. The number of nitrogens with zero attached hydrogens (tertiary/aromatic N) is 1. The molecule has 6 nitrogen and oxygen atoms in total. The molecule has 0 bridgehead atoms. The van der Waals surface area contributed by atoms with E-state index in [9.17, 15) is 14.7 Å². The van der Waals surface area contributed by atoms with Crippen molar-refractivity contribution >= 4 is 45.6 Å². The molecule has 1 saturated heterocycles. The third-order valence-corrected chi connectivity index (χ3v) is 6.66. The number of amides is 1. The first-order chi connectivity index (χ1) is 16.8. The van der Waals surface area contributed by atoms with Gasteiger partial charge < -0.3 is 14.8 Å². The quantitative estimate of drug-likeness (QED) is 0.208. The summed E-state index contributed by atoms with van der Waals surface area (Å²) in [6, 6.07) is 17.5. The standard InChI is InChI=1S/C28H23ClN2O4/c1-15-12-18(27(35-3)20(29)13-15)25(32)23-24(19-14-30-21-10-6-5-9-17(19)21)31(28(34)26(23)33)22-11-7-4-8-16(22)2/h4-14,24,30,32H,1-3H3/b25-23+. The normalized spacial score (nSPS) is 17.4. The van der Waals surface area contributed by atoms with Crippen LogP contribution in [0.25, 0.3) is 16.7 Å². The molecule has 0 aliphatic carbocycles. The van der Waals surface area contributed by atoms with Crippen LogP contribution < -0.4 is 9.64 Å². The predicted molar refractivity (Wildman–Crippen MR) is 137 cm³/mol. The number of ketones is 1. The van der Waals surface area contributed by atoms with Crippen LogP contribution in [0.5, 0.6) is 5.75 Å². The van der Waals surface area contributed by atoms with Gasteiger partial charge in [-0.1, -0.05) is 48.0 Å². The lowest BCUT2D eigenvalue weighted by atomic mass is 9.94. The maximum absolute atomic E-state index is 13.5. The Morgan fingerprint density at radius 2 is 1.77 bits per heavy atom. The number of aromatic nitrogens is 1. The Kier molecular flexibility index (Phi) is 5.61. The lowest BCUT2D eigenvalue weighted by Crippen LogP contribution is -2.30. The molecule has 4 aromatic rings. The largest absolute Gasteiger partial charge is 0.507 e. The van der Waals surface area contributed by atoms with Gasteiger partial charge in [0.2, 0.25) is 0 Å². The smallest absolute Gasteiger partial charge is 0.300 e. The van der Waals surface area contributed by atoms with E-state index in [0.29, 0.717) is 16.3 Å². The summed E-state index contributed by atoms with van der Waals surface area (Å²) in [5.41, 5.74) is 3.98. The molecular formula is C28H23ClN2O4. The summed E-state index contributed by atoms with van der Waals surface area (Å²) in [5.74, 6) is -1.60. The number of aromatic amines is 1. The number of halogens is 1. The molecule has 1 aliphatic heterocycles. The number of anilines is 1. The Bertz CT molecular complexity index is 1540. The molecule has 1 fully saturated rings. The number of fused-ring (bicyclic) bond motifs is 1. The second-order valence-electron chi connectivity index (χ2n) is 8.57. The Hall–Kier alpha value is -4.03. The van der Waals surface area contributed by atoms with Crippen molar-refractivity contribution in [2.45, 2.75) is 19.9 Å². The molecule has 176 valence electrons. The van der Waals surface area contributed by atoms with Gasteiger partial charge in [-0.3, -0.25) is 14.5 Å². The summed E-state index contributed by atoms with van der Waals surface area (Å²) in [7, 11) is 1.44. The highest BCUT2D eigenvalue weighted by atomic mass is 35.5. The molecule has 2 N–H and O–H groups in total. The number of nitrogens with one attached hydrogen (secondary N) is 1. The highest BCUT2D eigenvalue weighted by molar-refractivity contribution is 6.52. The number of Topliss-reactive ketones (excluding diaryl/α,β-unsaturated/α-hetero) is 1. The molecule has 3 aromatic carbocycles. The first-order valence-electron chi connectivity index (χ1n) is 11.1. The van der Waals surface area contributed by atoms with Crippen molar-refractivity contribution in [3.05, 3.63) is 99.7 Å². The number of para-hydroxylation sites is 2. The van der Waals surface area contributed by atoms with Crippen LogP contribution in [0, 0.1) is 13.8 Å². The zero-order valence-electron chi connectivity index (χ0n) is 19.4. The number of aliphatic hydroxyl groups excluding tert-OH is 1. The van der Waals surface area contributed by atoms with Crippen LogP contribution in [0.15, 0.2) is 72.4 Å². The number of hydrogen-bond acceptors (Lipinski definition) is 4. The Morgan fingerprint density at radius 1 is 1.06 bits per heavy atom. The Morgan fingerprint density at radius 3 is 2.51 bits per heavy atom. The second kappa shape index (κ2) is 8.64. The first-order valence-corrected chi connectivity index (χ1v) is 11.5. The summed E-state index contributed by atoms with van der Waals surface area (Å²) in [4.78, 5) is 31.7. The van der Waals surface area contributed by atoms with E-state index >= 15 is 0 Å². The molecule has 0 saturated carbocycles. The van der Waals surface area contributed by atoms with Crippen LogP contribution in [0.3, 0.4) is 0 Å². The number of carbonyl (C=O) groups excluding carboxylic acids is 2. The van der Waals surface area contributed by atoms with Gasteiger partial charge in [0.1, 0.15) is 11.5 Å². The van der Waals surface area contributed by atoms with Gasteiger partial charge in [0.05, 0.1) is 29.3 Å².